The number of hydrogen-bond acceptors (Lipinski definition) is 5. The molecule has 0 heterocycles. The van der Waals surface area contributed by atoms with Crippen LogP contribution in [0.25, 0.3) is 10.4 Å². The fourth-order valence-electron chi connectivity index (χ4n) is 2.27. The molecule has 0 aliphatic heterocycles. The Hall–Kier alpha value is -3.06. The molecule has 0 fully saturated rings. The van der Waals surface area contributed by atoms with E-state index in [4.69, 9.17) is 10.3 Å². The third kappa shape index (κ3) is 6.82. The van der Waals surface area contributed by atoms with E-state index in [1.54, 1.807) is 13.8 Å². The highest BCUT2D eigenvalue weighted by atomic mass is 16.5. The second-order valence-corrected chi connectivity index (χ2v) is 5.95. The highest BCUT2D eigenvalue weighted by Gasteiger charge is 2.29. The number of ether oxygens (including phenoxy) is 1. The van der Waals surface area contributed by atoms with E-state index in [1.807, 2.05) is 30.3 Å². The molecule has 140 valence electrons. The third-order valence-electron chi connectivity index (χ3n) is 3.63. The summed E-state index contributed by atoms with van der Waals surface area (Å²) in [5, 5.41) is 8.34. The first-order valence-corrected chi connectivity index (χ1v) is 8.11. The van der Waals surface area contributed by atoms with Gasteiger partial charge in [-0.15, -0.1) is 0 Å². The third-order valence-corrected chi connectivity index (χ3v) is 3.63. The van der Waals surface area contributed by atoms with Crippen molar-refractivity contribution in [2.45, 2.75) is 32.4 Å². The Labute approximate surface area is 151 Å². The number of azide groups is 1. The number of carbonyl (C=O) groups is 3. The van der Waals surface area contributed by atoms with E-state index >= 15 is 0 Å². The van der Waals surface area contributed by atoms with Crippen molar-refractivity contribution in [1.29, 1.82) is 0 Å². The van der Waals surface area contributed by atoms with Gasteiger partial charge in [-0.3, -0.25) is 9.59 Å². The molecule has 0 aliphatic rings. The van der Waals surface area contributed by atoms with E-state index in [1.165, 1.54) is 7.11 Å². The summed E-state index contributed by atoms with van der Waals surface area (Å²) in [7, 11) is 1.24. The summed E-state index contributed by atoms with van der Waals surface area (Å²) in [6.45, 7) is 3.13. The summed E-state index contributed by atoms with van der Waals surface area (Å²) in [6, 6.07) is 7.35. The lowest BCUT2D eigenvalue weighted by Crippen LogP contribution is -2.54. The molecule has 0 unspecified atom stereocenters. The zero-order chi connectivity index (χ0) is 19.5. The van der Waals surface area contributed by atoms with Crippen LogP contribution in [0.15, 0.2) is 35.4 Å². The Bertz CT molecular complexity index is 671. The first kappa shape index (κ1) is 21.0. The van der Waals surface area contributed by atoms with Crippen molar-refractivity contribution < 1.29 is 19.1 Å². The van der Waals surface area contributed by atoms with Crippen molar-refractivity contribution in [3.05, 3.63) is 46.3 Å². The quantitative estimate of drug-likeness (QED) is 0.297. The normalized spacial score (nSPS) is 12.5. The number of hydrogen-bond donors (Lipinski definition) is 2. The summed E-state index contributed by atoms with van der Waals surface area (Å²) >= 11 is 0. The number of esters is 1. The Balaban J connectivity index is 2.93. The number of benzene rings is 1. The van der Waals surface area contributed by atoms with Gasteiger partial charge in [0.2, 0.25) is 11.8 Å². The maximum Gasteiger partial charge on any atom is 0.328 e. The van der Waals surface area contributed by atoms with E-state index in [2.05, 4.69) is 20.7 Å². The standard InChI is InChI=1S/C17H23N5O4/c1-11(2)15(17(25)26-3)21-16(24)13(20-14(23)10-19-22-18)9-12-7-5-4-6-8-12/h4-8,11,13,15H,9-10H2,1-3H3,(H,20,23)(H,21,24)/t13-,15-/m0/s1. The van der Waals surface area contributed by atoms with Crippen molar-refractivity contribution in [1.82, 2.24) is 10.6 Å². The molecule has 26 heavy (non-hydrogen) atoms. The molecular formula is C17H23N5O4. The van der Waals surface area contributed by atoms with E-state index in [9.17, 15) is 14.4 Å². The van der Waals surface area contributed by atoms with Gasteiger partial charge in [-0.1, -0.05) is 49.3 Å². The molecule has 0 aromatic heterocycles. The fourth-order valence-corrected chi connectivity index (χ4v) is 2.27. The molecular weight excluding hydrogens is 338 g/mol. The Morgan fingerprint density at radius 1 is 1.19 bits per heavy atom. The predicted octanol–water partition coefficient (Wildman–Crippen LogP) is 1.34. The van der Waals surface area contributed by atoms with Gasteiger partial charge in [0.1, 0.15) is 18.6 Å². The highest BCUT2D eigenvalue weighted by molar-refractivity contribution is 5.91. The van der Waals surface area contributed by atoms with E-state index in [0.29, 0.717) is 0 Å². The number of methoxy groups -OCH3 is 1. The summed E-state index contributed by atoms with van der Waals surface area (Å²) in [5.41, 5.74) is 9.14. The lowest BCUT2D eigenvalue weighted by molar-refractivity contribution is -0.146. The maximum absolute atomic E-state index is 12.7. The lowest BCUT2D eigenvalue weighted by atomic mass is 10.0. The molecule has 0 saturated carbocycles. The van der Waals surface area contributed by atoms with Crippen molar-refractivity contribution in [2.75, 3.05) is 13.7 Å². The summed E-state index contributed by atoms with van der Waals surface area (Å²) in [5.74, 6) is -1.86. The average Bonchev–Trinajstić information content (AvgIpc) is 2.63. The minimum Gasteiger partial charge on any atom is -0.467 e. The molecule has 0 saturated heterocycles. The van der Waals surface area contributed by atoms with Crippen molar-refractivity contribution >= 4 is 17.8 Å². The van der Waals surface area contributed by atoms with E-state index in [-0.39, 0.29) is 12.3 Å². The average molecular weight is 361 g/mol. The van der Waals surface area contributed by atoms with Crippen LogP contribution in [0.5, 0.6) is 0 Å². The smallest absolute Gasteiger partial charge is 0.328 e. The Kier molecular flexibility index (Phi) is 8.66. The first-order valence-electron chi connectivity index (χ1n) is 8.11. The number of nitrogens with zero attached hydrogens (tertiary/aromatic N) is 3. The minimum atomic E-state index is -0.926. The van der Waals surface area contributed by atoms with Crippen LogP contribution in [0, 0.1) is 5.92 Å². The molecule has 0 radical (unpaired) electrons. The van der Waals surface area contributed by atoms with Crippen LogP contribution in [0.4, 0.5) is 0 Å². The summed E-state index contributed by atoms with van der Waals surface area (Å²) < 4.78 is 4.71. The van der Waals surface area contributed by atoms with Gasteiger partial charge in [-0.25, -0.2) is 4.79 Å². The zero-order valence-corrected chi connectivity index (χ0v) is 15.0. The number of carbonyl (C=O) groups excluding carboxylic acids is 3. The predicted molar refractivity (Wildman–Crippen MR) is 94.9 cm³/mol. The van der Waals surface area contributed by atoms with Crippen molar-refractivity contribution in [3.8, 4) is 0 Å². The lowest BCUT2D eigenvalue weighted by Gasteiger charge is -2.24. The molecule has 9 heteroatoms. The van der Waals surface area contributed by atoms with Crippen molar-refractivity contribution in [2.24, 2.45) is 11.0 Å². The first-order chi connectivity index (χ1) is 12.4. The molecule has 0 aliphatic carbocycles. The summed E-state index contributed by atoms with van der Waals surface area (Å²) in [4.78, 5) is 38.9. The largest absolute Gasteiger partial charge is 0.467 e. The van der Waals surface area contributed by atoms with Gasteiger partial charge in [0.15, 0.2) is 0 Å². The molecule has 2 atom stereocenters. The minimum absolute atomic E-state index is 0.192. The second kappa shape index (κ2) is 10.7. The molecule has 0 bridgehead atoms. The van der Waals surface area contributed by atoms with Crippen LogP contribution in [0.3, 0.4) is 0 Å². The highest BCUT2D eigenvalue weighted by Crippen LogP contribution is 2.07. The van der Waals surface area contributed by atoms with Crippen LogP contribution in [0.1, 0.15) is 19.4 Å². The van der Waals surface area contributed by atoms with Crippen LogP contribution >= 0.6 is 0 Å². The Morgan fingerprint density at radius 2 is 1.85 bits per heavy atom. The van der Waals surface area contributed by atoms with Gasteiger partial charge in [-0.05, 0) is 17.0 Å². The SMILES string of the molecule is COC(=O)[C@@H](NC(=O)[C@H](Cc1ccccc1)NC(=O)CN=[N+]=[N-])C(C)C. The van der Waals surface area contributed by atoms with Gasteiger partial charge in [0.25, 0.3) is 0 Å². The monoisotopic (exact) mass is 361 g/mol. The van der Waals surface area contributed by atoms with Crippen LogP contribution in [0.2, 0.25) is 0 Å². The molecule has 2 N–H and O–H groups in total. The van der Waals surface area contributed by atoms with Crippen molar-refractivity contribution in [3.63, 3.8) is 0 Å². The molecule has 2 amide bonds. The van der Waals surface area contributed by atoms with E-state index < -0.39 is 36.4 Å². The molecule has 1 aromatic carbocycles. The van der Waals surface area contributed by atoms with Gasteiger partial charge in [0.05, 0.1) is 7.11 Å². The molecule has 1 aromatic rings. The Morgan fingerprint density at radius 3 is 2.38 bits per heavy atom. The zero-order valence-electron chi connectivity index (χ0n) is 15.0. The van der Waals surface area contributed by atoms with Crippen LogP contribution in [-0.4, -0.2) is 43.5 Å². The second-order valence-electron chi connectivity index (χ2n) is 5.95. The van der Waals surface area contributed by atoms with Gasteiger partial charge < -0.3 is 15.4 Å². The van der Waals surface area contributed by atoms with Crippen LogP contribution in [-0.2, 0) is 25.5 Å². The number of rotatable bonds is 9. The van der Waals surface area contributed by atoms with Gasteiger partial charge in [0, 0.05) is 11.3 Å². The summed E-state index contributed by atoms with van der Waals surface area (Å²) in [6.07, 6.45) is 0.223. The van der Waals surface area contributed by atoms with Gasteiger partial charge >= 0.3 is 5.97 Å². The topological polar surface area (TPSA) is 133 Å². The molecule has 0 spiro atoms. The molecule has 1 rings (SSSR count). The van der Waals surface area contributed by atoms with Crippen LogP contribution < -0.4 is 10.6 Å². The number of amides is 2. The molecule has 9 nitrogen and oxygen atoms in total. The number of nitrogens with one attached hydrogen (secondary N) is 2. The fraction of sp³-hybridized carbons (Fsp3) is 0.471. The maximum atomic E-state index is 12.7. The van der Waals surface area contributed by atoms with E-state index in [0.717, 1.165) is 5.56 Å². The van der Waals surface area contributed by atoms with Gasteiger partial charge in [-0.2, -0.15) is 0 Å².